The Kier molecular flexibility index (Phi) is 6.92. The molecule has 0 aliphatic rings. The lowest BCUT2D eigenvalue weighted by Gasteiger charge is -2.16. The average molecular weight is 266 g/mol. The van der Waals surface area contributed by atoms with Crippen LogP contribution in [-0.2, 0) is 4.74 Å². The molecule has 1 amide bonds. The Balaban J connectivity index is 2.39. The van der Waals surface area contributed by atoms with Crippen LogP contribution in [0.3, 0.4) is 0 Å². The summed E-state index contributed by atoms with van der Waals surface area (Å²) in [6.07, 6.45) is 0. The van der Waals surface area contributed by atoms with E-state index >= 15 is 0 Å². The second-order valence-electron chi connectivity index (χ2n) is 4.25. The van der Waals surface area contributed by atoms with Crippen LogP contribution in [-0.4, -0.2) is 58.3 Å². The van der Waals surface area contributed by atoms with Gasteiger partial charge in [-0.15, -0.1) is 0 Å². The number of rotatable bonds is 8. The van der Waals surface area contributed by atoms with Gasteiger partial charge in [-0.3, -0.25) is 4.79 Å². The van der Waals surface area contributed by atoms with Gasteiger partial charge in [-0.1, -0.05) is 12.1 Å². The van der Waals surface area contributed by atoms with Crippen LogP contribution >= 0.6 is 0 Å². The van der Waals surface area contributed by atoms with Crippen molar-refractivity contribution in [1.82, 2.24) is 10.2 Å². The predicted octanol–water partition coefficient (Wildman–Crippen LogP) is 1.00. The summed E-state index contributed by atoms with van der Waals surface area (Å²) in [5, 5.41) is 2.88. The normalized spacial score (nSPS) is 10.5. The lowest BCUT2D eigenvalue weighted by Crippen LogP contribution is -2.34. The molecular formula is C14H22N2O3. The molecule has 0 unspecified atom stereocenters. The molecule has 1 aromatic carbocycles. The van der Waals surface area contributed by atoms with E-state index in [1.54, 1.807) is 26.4 Å². The number of likely N-dealkylation sites (N-methyl/N-ethyl adjacent to an activating group) is 1. The lowest BCUT2D eigenvalue weighted by molar-refractivity contribution is 0.0944. The Morgan fingerprint density at radius 3 is 2.68 bits per heavy atom. The number of carbonyl (C=O) groups is 1. The van der Waals surface area contributed by atoms with Crippen molar-refractivity contribution in [3.8, 4) is 5.75 Å². The Morgan fingerprint density at radius 2 is 2.00 bits per heavy atom. The van der Waals surface area contributed by atoms with Crippen LogP contribution in [0.25, 0.3) is 0 Å². The molecule has 19 heavy (non-hydrogen) atoms. The van der Waals surface area contributed by atoms with Gasteiger partial charge in [0.1, 0.15) is 5.75 Å². The molecule has 0 radical (unpaired) electrons. The van der Waals surface area contributed by atoms with E-state index in [9.17, 15) is 4.79 Å². The van der Waals surface area contributed by atoms with E-state index in [2.05, 4.69) is 10.2 Å². The summed E-state index contributed by atoms with van der Waals surface area (Å²) in [6.45, 7) is 2.92. The molecule has 1 rings (SSSR count). The molecule has 0 saturated heterocycles. The number of amides is 1. The zero-order chi connectivity index (χ0) is 14.1. The molecular weight excluding hydrogens is 244 g/mol. The Hall–Kier alpha value is -1.59. The summed E-state index contributed by atoms with van der Waals surface area (Å²) in [7, 11) is 5.23. The molecule has 0 spiro atoms. The highest BCUT2D eigenvalue weighted by molar-refractivity contribution is 5.96. The van der Waals surface area contributed by atoms with Crippen molar-refractivity contribution in [1.29, 1.82) is 0 Å². The average Bonchev–Trinajstić information content (AvgIpc) is 2.44. The fourth-order valence-electron chi connectivity index (χ4n) is 1.65. The maximum absolute atomic E-state index is 12.0. The number of methoxy groups -OCH3 is 2. The fourth-order valence-corrected chi connectivity index (χ4v) is 1.65. The van der Waals surface area contributed by atoms with Gasteiger partial charge in [0, 0.05) is 26.7 Å². The van der Waals surface area contributed by atoms with Crippen LogP contribution in [0.15, 0.2) is 24.3 Å². The Labute approximate surface area is 114 Å². The maximum Gasteiger partial charge on any atom is 0.255 e. The van der Waals surface area contributed by atoms with Crippen molar-refractivity contribution < 1.29 is 14.3 Å². The molecule has 0 atom stereocenters. The molecule has 0 aromatic heterocycles. The van der Waals surface area contributed by atoms with Gasteiger partial charge >= 0.3 is 0 Å². The minimum absolute atomic E-state index is 0.113. The van der Waals surface area contributed by atoms with Gasteiger partial charge in [0.05, 0.1) is 19.3 Å². The first-order valence-electron chi connectivity index (χ1n) is 6.27. The Morgan fingerprint density at radius 1 is 1.26 bits per heavy atom. The van der Waals surface area contributed by atoms with Crippen LogP contribution in [0.1, 0.15) is 10.4 Å². The summed E-state index contributed by atoms with van der Waals surface area (Å²) in [5.41, 5.74) is 0.560. The standard InChI is InChI=1S/C14H22N2O3/c1-16(10-11-18-2)9-8-15-14(17)12-6-4-5-7-13(12)19-3/h4-7H,8-11H2,1-3H3,(H,15,17). The van der Waals surface area contributed by atoms with Crippen molar-refractivity contribution in [2.24, 2.45) is 0 Å². The van der Waals surface area contributed by atoms with Crippen LogP contribution in [0, 0.1) is 0 Å². The molecule has 0 aliphatic heterocycles. The van der Waals surface area contributed by atoms with Gasteiger partial charge in [-0.25, -0.2) is 0 Å². The van der Waals surface area contributed by atoms with Crippen molar-refractivity contribution >= 4 is 5.91 Å². The molecule has 0 bridgehead atoms. The minimum Gasteiger partial charge on any atom is -0.496 e. The molecule has 0 heterocycles. The van der Waals surface area contributed by atoms with E-state index < -0.39 is 0 Å². The number of carbonyl (C=O) groups excluding carboxylic acids is 1. The molecule has 0 aliphatic carbocycles. The van der Waals surface area contributed by atoms with Gasteiger partial charge in [-0.2, -0.15) is 0 Å². The Bertz CT molecular complexity index is 396. The summed E-state index contributed by atoms with van der Waals surface area (Å²) in [4.78, 5) is 14.1. The first-order valence-corrected chi connectivity index (χ1v) is 6.27. The van der Waals surface area contributed by atoms with E-state index in [1.165, 1.54) is 0 Å². The SMILES string of the molecule is COCCN(C)CCNC(=O)c1ccccc1OC. The van der Waals surface area contributed by atoms with Crippen molar-refractivity contribution in [3.63, 3.8) is 0 Å². The number of benzene rings is 1. The third-order valence-corrected chi connectivity index (χ3v) is 2.81. The van der Waals surface area contributed by atoms with Gasteiger partial charge in [0.25, 0.3) is 5.91 Å². The minimum atomic E-state index is -0.113. The van der Waals surface area contributed by atoms with Gasteiger partial charge in [0.2, 0.25) is 0 Å². The van der Waals surface area contributed by atoms with Crippen LogP contribution in [0.2, 0.25) is 0 Å². The smallest absolute Gasteiger partial charge is 0.255 e. The number of para-hydroxylation sites is 1. The second-order valence-corrected chi connectivity index (χ2v) is 4.25. The molecule has 106 valence electrons. The number of ether oxygens (including phenoxy) is 2. The largest absolute Gasteiger partial charge is 0.496 e. The van der Waals surface area contributed by atoms with E-state index in [1.807, 2.05) is 19.2 Å². The second kappa shape index (κ2) is 8.50. The molecule has 1 N–H and O–H groups in total. The topological polar surface area (TPSA) is 50.8 Å². The monoisotopic (exact) mass is 266 g/mol. The molecule has 5 nitrogen and oxygen atoms in total. The fraction of sp³-hybridized carbons (Fsp3) is 0.500. The van der Waals surface area contributed by atoms with Crippen molar-refractivity contribution in [3.05, 3.63) is 29.8 Å². The number of nitrogens with one attached hydrogen (secondary N) is 1. The van der Waals surface area contributed by atoms with Crippen molar-refractivity contribution in [2.75, 3.05) is 47.5 Å². The number of hydrogen-bond donors (Lipinski definition) is 1. The van der Waals surface area contributed by atoms with Crippen LogP contribution in [0.5, 0.6) is 5.75 Å². The van der Waals surface area contributed by atoms with E-state index in [4.69, 9.17) is 9.47 Å². The summed E-state index contributed by atoms with van der Waals surface area (Å²) >= 11 is 0. The molecule has 0 fully saturated rings. The van der Waals surface area contributed by atoms with E-state index in [0.717, 1.165) is 13.1 Å². The van der Waals surface area contributed by atoms with Gasteiger partial charge < -0.3 is 19.7 Å². The molecule has 1 aromatic rings. The third-order valence-electron chi connectivity index (χ3n) is 2.81. The zero-order valence-electron chi connectivity index (χ0n) is 11.8. The van der Waals surface area contributed by atoms with Gasteiger partial charge in [0.15, 0.2) is 0 Å². The lowest BCUT2D eigenvalue weighted by atomic mass is 10.2. The zero-order valence-corrected chi connectivity index (χ0v) is 11.8. The first kappa shape index (κ1) is 15.5. The quantitative estimate of drug-likeness (QED) is 0.763. The summed E-state index contributed by atoms with van der Waals surface area (Å²) in [6, 6.07) is 7.19. The third kappa shape index (κ3) is 5.28. The van der Waals surface area contributed by atoms with Gasteiger partial charge in [-0.05, 0) is 19.2 Å². The highest BCUT2D eigenvalue weighted by Crippen LogP contribution is 2.16. The summed E-state index contributed by atoms with van der Waals surface area (Å²) < 4.78 is 10.2. The van der Waals surface area contributed by atoms with Crippen molar-refractivity contribution in [2.45, 2.75) is 0 Å². The number of nitrogens with zero attached hydrogens (tertiary/aromatic N) is 1. The van der Waals surface area contributed by atoms with Crippen LogP contribution in [0.4, 0.5) is 0 Å². The highest BCUT2D eigenvalue weighted by atomic mass is 16.5. The van der Waals surface area contributed by atoms with Crippen LogP contribution < -0.4 is 10.1 Å². The molecule has 5 heteroatoms. The highest BCUT2D eigenvalue weighted by Gasteiger charge is 2.10. The first-order chi connectivity index (χ1) is 9.19. The number of hydrogen-bond acceptors (Lipinski definition) is 4. The van der Waals surface area contributed by atoms with E-state index in [-0.39, 0.29) is 5.91 Å². The maximum atomic E-state index is 12.0. The predicted molar refractivity (Wildman–Crippen MR) is 74.7 cm³/mol. The summed E-state index contributed by atoms with van der Waals surface area (Å²) in [5.74, 6) is 0.477. The molecule has 0 saturated carbocycles. The van der Waals surface area contributed by atoms with E-state index in [0.29, 0.717) is 24.5 Å².